The molecule has 2 aromatic carbocycles. The van der Waals surface area contributed by atoms with Crippen molar-refractivity contribution in [3.05, 3.63) is 106 Å². The van der Waals surface area contributed by atoms with Crippen molar-refractivity contribution in [2.75, 3.05) is 0 Å². The second-order valence-corrected chi connectivity index (χ2v) is 7.71. The molecule has 0 aliphatic rings. The van der Waals surface area contributed by atoms with E-state index < -0.39 is 6.04 Å². The van der Waals surface area contributed by atoms with E-state index in [-0.39, 0.29) is 11.7 Å². The van der Waals surface area contributed by atoms with Crippen molar-refractivity contribution >= 4 is 21.8 Å². The smallest absolute Gasteiger partial charge is 0.253 e. The van der Waals surface area contributed by atoms with Gasteiger partial charge >= 0.3 is 0 Å². The number of amides is 1. The van der Waals surface area contributed by atoms with E-state index in [4.69, 9.17) is 4.74 Å². The molecule has 0 bridgehead atoms. The molecule has 1 N–H and O–H groups in total. The molecule has 0 radical (unpaired) electrons. The van der Waals surface area contributed by atoms with Gasteiger partial charge in [-0.3, -0.25) is 4.79 Å². The molecule has 4 rings (SSSR count). The van der Waals surface area contributed by atoms with Gasteiger partial charge in [-0.1, -0.05) is 28.1 Å². The second-order valence-electron chi connectivity index (χ2n) is 6.80. The SMILES string of the molecule is Cn1ccnc1C(NC(=O)c1ccc(Oc2ccc(Br)cc2)nc1)c1ccc(F)cc1. The van der Waals surface area contributed by atoms with E-state index in [1.165, 1.54) is 18.3 Å². The topological polar surface area (TPSA) is 69.0 Å². The summed E-state index contributed by atoms with van der Waals surface area (Å²) in [5, 5.41) is 2.96. The fraction of sp³-hybridized carbons (Fsp3) is 0.0870. The molecule has 2 heterocycles. The van der Waals surface area contributed by atoms with E-state index in [1.54, 1.807) is 36.7 Å². The monoisotopic (exact) mass is 480 g/mol. The van der Waals surface area contributed by atoms with Gasteiger partial charge in [0.1, 0.15) is 23.4 Å². The fourth-order valence-electron chi connectivity index (χ4n) is 3.02. The molecular weight excluding hydrogens is 463 g/mol. The van der Waals surface area contributed by atoms with Gasteiger partial charge in [-0.25, -0.2) is 14.4 Å². The summed E-state index contributed by atoms with van der Waals surface area (Å²) in [6.07, 6.45) is 4.88. The quantitative estimate of drug-likeness (QED) is 0.420. The van der Waals surface area contributed by atoms with Crippen molar-refractivity contribution in [3.8, 4) is 11.6 Å². The van der Waals surface area contributed by atoms with Gasteiger partial charge in [-0.15, -0.1) is 0 Å². The van der Waals surface area contributed by atoms with E-state index in [1.807, 2.05) is 35.9 Å². The molecule has 8 heteroatoms. The van der Waals surface area contributed by atoms with E-state index in [0.29, 0.717) is 28.6 Å². The van der Waals surface area contributed by atoms with E-state index >= 15 is 0 Å². The summed E-state index contributed by atoms with van der Waals surface area (Å²) in [5.41, 5.74) is 1.08. The van der Waals surface area contributed by atoms with Crippen molar-refractivity contribution in [3.63, 3.8) is 0 Å². The molecule has 0 fully saturated rings. The average molecular weight is 481 g/mol. The summed E-state index contributed by atoms with van der Waals surface area (Å²) < 4.78 is 21.8. The van der Waals surface area contributed by atoms with Gasteiger partial charge in [0.15, 0.2) is 0 Å². The first-order valence-electron chi connectivity index (χ1n) is 9.42. The number of hydrogen-bond donors (Lipinski definition) is 1. The number of ether oxygens (including phenoxy) is 1. The van der Waals surface area contributed by atoms with Crippen molar-refractivity contribution in [2.24, 2.45) is 7.05 Å². The highest BCUT2D eigenvalue weighted by atomic mass is 79.9. The predicted molar refractivity (Wildman–Crippen MR) is 117 cm³/mol. The maximum atomic E-state index is 13.4. The third-order valence-electron chi connectivity index (χ3n) is 4.63. The van der Waals surface area contributed by atoms with E-state index in [0.717, 1.165) is 4.47 Å². The molecule has 31 heavy (non-hydrogen) atoms. The summed E-state index contributed by atoms with van der Waals surface area (Å²) in [6.45, 7) is 0. The zero-order chi connectivity index (χ0) is 21.8. The molecule has 156 valence electrons. The van der Waals surface area contributed by atoms with Crippen LogP contribution in [0.4, 0.5) is 4.39 Å². The lowest BCUT2D eigenvalue weighted by atomic mass is 10.1. The summed E-state index contributed by atoms with van der Waals surface area (Å²) >= 11 is 3.37. The standard InChI is InChI=1S/C23H18BrFN4O2/c1-29-13-12-26-22(29)21(15-2-7-18(25)8-3-15)28-23(30)16-4-11-20(27-14-16)31-19-9-5-17(24)6-10-19/h2-14,21H,1H3,(H,28,30). The molecule has 1 unspecified atom stereocenters. The minimum Gasteiger partial charge on any atom is -0.439 e. The molecule has 6 nitrogen and oxygen atoms in total. The van der Waals surface area contributed by atoms with Crippen LogP contribution in [0, 0.1) is 5.82 Å². The zero-order valence-electron chi connectivity index (χ0n) is 16.5. The number of hydrogen-bond acceptors (Lipinski definition) is 4. The van der Waals surface area contributed by atoms with Crippen LogP contribution in [0.2, 0.25) is 0 Å². The minimum atomic E-state index is -0.549. The number of benzene rings is 2. The number of carbonyl (C=O) groups excluding carboxylic acids is 1. The Balaban J connectivity index is 1.52. The van der Waals surface area contributed by atoms with Crippen LogP contribution in [0.5, 0.6) is 11.6 Å². The predicted octanol–water partition coefficient (Wildman–Crippen LogP) is 5.03. The lowest BCUT2D eigenvalue weighted by Gasteiger charge is -2.19. The van der Waals surface area contributed by atoms with Crippen molar-refractivity contribution in [1.29, 1.82) is 0 Å². The van der Waals surface area contributed by atoms with Crippen LogP contribution in [0.1, 0.15) is 27.8 Å². The number of carbonyl (C=O) groups is 1. The van der Waals surface area contributed by atoms with Gasteiger partial charge in [-0.2, -0.15) is 0 Å². The Labute approximate surface area is 186 Å². The van der Waals surface area contributed by atoms with Crippen LogP contribution < -0.4 is 10.1 Å². The van der Waals surface area contributed by atoms with Gasteiger partial charge in [0.05, 0.1) is 5.56 Å². The summed E-state index contributed by atoms with van der Waals surface area (Å²) in [4.78, 5) is 21.5. The Morgan fingerprint density at radius 3 is 2.42 bits per heavy atom. The highest BCUT2D eigenvalue weighted by molar-refractivity contribution is 9.10. The fourth-order valence-corrected chi connectivity index (χ4v) is 3.28. The number of imidazole rings is 1. The van der Waals surface area contributed by atoms with Crippen LogP contribution >= 0.6 is 15.9 Å². The normalized spacial score (nSPS) is 11.7. The van der Waals surface area contributed by atoms with Crippen LogP contribution in [-0.4, -0.2) is 20.4 Å². The highest BCUT2D eigenvalue weighted by Gasteiger charge is 2.21. The summed E-state index contributed by atoms with van der Waals surface area (Å²) in [6, 6.07) is 16.0. The van der Waals surface area contributed by atoms with Crippen LogP contribution in [0.25, 0.3) is 0 Å². The Hall–Kier alpha value is -3.52. The molecule has 4 aromatic rings. The summed E-state index contributed by atoms with van der Waals surface area (Å²) in [7, 11) is 1.83. The van der Waals surface area contributed by atoms with Crippen LogP contribution in [0.15, 0.2) is 83.7 Å². The van der Waals surface area contributed by atoms with E-state index in [9.17, 15) is 9.18 Å². The van der Waals surface area contributed by atoms with Gasteiger partial charge in [0.2, 0.25) is 5.88 Å². The number of aryl methyl sites for hydroxylation is 1. The molecule has 1 amide bonds. The third-order valence-corrected chi connectivity index (χ3v) is 5.16. The Bertz CT molecular complexity index is 1180. The number of rotatable bonds is 6. The first-order chi connectivity index (χ1) is 15.0. The first-order valence-corrected chi connectivity index (χ1v) is 10.2. The van der Waals surface area contributed by atoms with Gasteiger partial charge in [0, 0.05) is 36.2 Å². The molecule has 2 aromatic heterocycles. The number of nitrogens with zero attached hydrogens (tertiary/aromatic N) is 3. The maximum Gasteiger partial charge on any atom is 0.253 e. The first kappa shape index (κ1) is 20.7. The Morgan fingerprint density at radius 2 is 1.81 bits per heavy atom. The number of aromatic nitrogens is 3. The molecule has 0 aliphatic carbocycles. The van der Waals surface area contributed by atoms with Crippen molar-refractivity contribution in [2.45, 2.75) is 6.04 Å². The van der Waals surface area contributed by atoms with Gasteiger partial charge in [-0.05, 0) is 48.0 Å². The molecule has 0 spiro atoms. The maximum absolute atomic E-state index is 13.4. The largest absolute Gasteiger partial charge is 0.439 e. The lowest BCUT2D eigenvalue weighted by molar-refractivity contribution is 0.0940. The highest BCUT2D eigenvalue weighted by Crippen LogP contribution is 2.23. The average Bonchev–Trinajstić information content (AvgIpc) is 3.20. The Morgan fingerprint density at radius 1 is 1.06 bits per heavy atom. The molecule has 0 aliphatic heterocycles. The molecule has 0 saturated carbocycles. The number of nitrogens with one attached hydrogen (secondary N) is 1. The molecule has 1 atom stereocenters. The van der Waals surface area contributed by atoms with Gasteiger partial charge in [0.25, 0.3) is 5.91 Å². The minimum absolute atomic E-state index is 0.333. The molecular formula is C23H18BrFN4O2. The van der Waals surface area contributed by atoms with Crippen LogP contribution in [-0.2, 0) is 7.05 Å². The second kappa shape index (κ2) is 9.09. The third kappa shape index (κ3) is 4.97. The van der Waals surface area contributed by atoms with Crippen molar-refractivity contribution < 1.29 is 13.9 Å². The van der Waals surface area contributed by atoms with Crippen LogP contribution in [0.3, 0.4) is 0 Å². The number of pyridine rings is 1. The Kier molecular flexibility index (Phi) is 6.08. The van der Waals surface area contributed by atoms with Crippen molar-refractivity contribution in [1.82, 2.24) is 19.9 Å². The zero-order valence-corrected chi connectivity index (χ0v) is 18.1. The summed E-state index contributed by atoms with van der Waals surface area (Å²) in [5.74, 6) is 0.958. The van der Waals surface area contributed by atoms with Gasteiger partial charge < -0.3 is 14.6 Å². The number of halogens is 2. The molecule has 0 saturated heterocycles. The lowest BCUT2D eigenvalue weighted by Crippen LogP contribution is -2.31. The van der Waals surface area contributed by atoms with E-state index in [2.05, 4.69) is 31.2 Å².